The van der Waals surface area contributed by atoms with E-state index in [9.17, 15) is 9.59 Å². The van der Waals surface area contributed by atoms with Crippen molar-refractivity contribution in [2.75, 3.05) is 6.54 Å². The van der Waals surface area contributed by atoms with Crippen LogP contribution < -0.4 is 5.32 Å². The van der Waals surface area contributed by atoms with Crippen LogP contribution in [0.3, 0.4) is 0 Å². The zero-order valence-corrected chi connectivity index (χ0v) is 15.2. The van der Waals surface area contributed by atoms with Crippen molar-refractivity contribution in [1.29, 1.82) is 0 Å². The molecule has 3 aromatic rings. The van der Waals surface area contributed by atoms with Gasteiger partial charge in [0.2, 0.25) is 5.91 Å². The van der Waals surface area contributed by atoms with E-state index in [1.54, 1.807) is 11.0 Å². The van der Waals surface area contributed by atoms with Crippen molar-refractivity contribution in [3.8, 4) is 11.4 Å². The minimum Gasteiger partial charge on any atom is -0.352 e. The normalized spacial score (nSPS) is 18.8. The molecule has 1 saturated heterocycles. The number of nitrogens with zero attached hydrogens (tertiary/aromatic N) is 5. The maximum Gasteiger partial charge on any atom is 0.273 e. The second kappa shape index (κ2) is 7.55. The summed E-state index contributed by atoms with van der Waals surface area (Å²) in [6, 6.07) is 10.7. The van der Waals surface area contributed by atoms with Gasteiger partial charge in [-0.2, -0.15) is 5.10 Å². The van der Waals surface area contributed by atoms with E-state index in [1.165, 1.54) is 19.4 Å². The summed E-state index contributed by atoms with van der Waals surface area (Å²) in [5, 5.41) is 10.1. The Morgan fingerprint density at radius 1 is 1.21 bits per heavy atom. The van der Waals surface area contributed by atoms with Crippen molar-refractivity contribution in [1.82, 2.24) is 35.4 Å². The molecule has 2 amide bonds. The lowest BCUT2D eigenvalue weighted by molar-refractivity contribution is -0.119. The SMILES string of the molecule is CC(=O)N[C@H]1C[C@@H](c2nc(-c3ccccc3)n[nH]2)N(C(=O)c2ccncn2)C1. The Hall–Kier alpha value is -3.62. The molecule has 2 N–H and O–H groups in total. The Labute approximate surface area is 161 Å². The third-order valence-electron chi connectivity index (χ3n) is 4.62. The van der Waals surface area contributed by atoms with Crippen molar-refractivity contribution in [2.45, 2.75) is 25.4 Å². The van der Waals surface area contributed by atoms with Crippen LogP contribution in [0.5, 0.6) is 0 Å². The number of likely N-dealkylation sites (tertiary alicyclic amines) is 1. The molecule has 0 unspecified atom stereocenters. The third-order valence-corrected chi connectivity index (χ3v) is 4.62. The summed E-state index contributed by atoms with van der Waals surface area (Å²) in [7, 11) is 0. The van der Waals surface area contributed by atoms with Crippen LogP contribution in [-0.4, -0.2) is 54.5 Å². The molecular formula is C19H19N7O2. The van der Waals surface area contributed by atoms with E-state index in [2.05, 4.69) is 30.5 Å². The Balaban J connectivity index is 1.63. The molecule has 1 aliphatic heterocycles. The number of benzene rings is 1. The molecule has 4 rings (SSSR count). The summed E-state index contributed by atoms with van der Waals surface area (Å²) in [4.78, 5) is 38.7. The van der Waals surface area contributed by atoms with Crippen LogP contribution in [0.2, 0.25) is 0 Å². The molecule has 9 nitrogen and oxygen atoms in total. The highest BCUT2D eigenvalue weighted by Gasteiger charge is 2.39. The number of amides is 2. The fraction of sp³-hybridized carbons (Fsp3) is 0.263. The summed E-state index contributed by atoms with van der Waals surface area (Å²) in [6.45, 7) is 1.83. The second-order valence-corrected chi connectivity index (χ2v) is 6.61. The molecule has 0 saturated carbocycles. The van der Waals surface area contributed by atoms with Crippen LogP contribution in [0, 0.1) is 0 Å². The number of aromatic amines is 1. The zero-order valence-electron chi connectivity index (χ0n) is 15.2. The number of rotatable bonds is 4. The number of hydrogen-bond acceptors (Lipinski definition) is 6. The molecule has 0 bridgehead atoms. The fourth-order valence-corrected chi connectivity index (χ4v) is 3.42. The largest absolute Gasteiger partial charge is 0.352 e. The van der Waals surface area contributed by atoms with Gasteiger partial charge in [-0.15, -0.1) is 0 Å². The molecule has 1 aliphatic rings. The van der Waals surface area contributed by atoms with Crippen LogP contribution in [0.15, 0.2) is 48.9 Å². The molecule has 1 aromatic carbocycles. The monoisotopic (exact) mass is 377 g/mol. The van der Waals surface area contributed by atoms with Crippen molar-refractivity contribution in [3.63, 3.8) is 0 Å². The fourth-order valence-electron chi connectivity index (χ4n) is 3.42. The highest BCUT2D eigenvalue weighted by Crippen LogP contribution is 2.32. The highest BCUT2D eigenvalue weighted by molar-refractivity contribution is 5.92. The lowest BCUT2D eigenvalue weighted by atomic mass is 10.1. The van der Waals surface area contributed by atoms with Gasteiger partial charge in [-0.05, 0) is 12.5 Å². The van der Waals surface area contributed by atoms with Gasteiger partial charge in [0.15, 0.2) is 5.82 Å². The molecule has 0 aliphatic carbocycles. The Kier molecular flexibility index (Phi) is 4.79. The van der Waals surface area contributed by atoms with Gasteiger partial charge < -0.3 is 10.2 Å². The molecule has 3 heterocycles. The summed E-state index contributed by atoms with van der Waals surface area (Å²) >= 11 is 0. The number of H-pyrrole nitrogens is 1. The van der Waals surface area contributed by atoms with Gasteiger partial charge in [-0.25, -0.2) is 15.0 Å². The lowest BCUT2D eigenvalue weighted by Gasteiger charge is -2.22. The summed E-state index contributed by atoms with van der Waals surface area (Å²) in [5.41, 5.74) is 1.18. The standard InChI is InChI=1S/C19H19N7O2/c1-12(27)22-14-9-16(26(10-14)19(28)15-7-8-20-11-21-15)18-23-17(24-25-18)13-5-3-2-4-6-13/h2-8,11,14,16H,9-10H2,1H3,(H,22,27)(H,23,24,25)/t14-,16-/m0/s1. The van der Waals surface area contributed by atoms with Gasteiger partial charge in [0.1, 0.15) is 17.8 Å². The second-order valence-electron chi connectivity index (χ2n) is 6.61. The Morgan fingerprint density at radius 2 is 2.04 bits per heavy atom. The first-order chi connectivity index (χ1) is 13.6. The van der Waals surface area contributed by atoms with E-state index < -0.39 is 0 Å². The molecule has 1 fully saturated rings. The molecule has 28 heavy (non-hydrogen) atoms. The maximum atomic E-state index is 13.0. The molecule has 0 radical (unpaired) electrons. The van der Waals surface area contributed by atoms with Crippen LogP contribution in [-0.2, 0) is 4.79 Å². The molecule has 0 spiro atoms. The number of hydrogen-bond donors (Lipinski definition) is 2. The molecule has 2 atom stereocenters. The lowest BCUT2D eigenvalue weighted by Crippen LogP contribution is -2.37. The third kappa shape index (κ3) is 3.59. The van der Waals surface area contributed by atoms with Crippen LogP contribution in [0.4, 0.5) is 0 Å². The summed E-state index contributed by atoms with van der Waals surface area (Å²) < 4.78 is 0. The van der Waals surface area contributed by atoms with Gasteiger partial charge in [0.05, 0.1) is 6.04 Å². The molecular weight excluding hydrogens is 358 g/mol. The number of carbonyl (C=O) groups excluding carboxylic acids is 2. The average molecular weight is 377 g/mol. The number of nitrogens with one attached hydrogen (secondary N) is 2. The minimum absolute atomic E-state index is 0.136. The van der Waals surface area contributed by atoms with E-state index in [1.807, 2.05) is 30.3 Å². The average Bonchev–Trinajstić information content (AvgIpc) is 3.35. The Morgan fingerprint density at radius 3 is 2.75 bits per heavy atom. The summed E-state index contributed by atoms with van der Waals surface area (Å²) in [6.07, 6.45) is 3.41. The van der Waals surface area contributed by atoms with E-state index in [4.69, 9.17) is 0 Å². The van der Waals surface area contributed by atoms with Crippen LogP contribution >= 0.6 is 0 Å². The number of carbonyl (C=O) groups is 2. The highest BCUT2D eigenvalue weighted by atomic mass is 16.2. The molecule has 142 valence electrons. The first kappa shape index (κ1) is 17.8. The first-order valence-corrected chi connectivity index (χ1v) is 8.93. The topological polar surface area (TPSA) is 117 Å². The number of aromatic nitrogens is 5. The van der Waals surface area contributed by atoms with Crippen molar-refractivity contribution >= 4 is 11.8 Å². The van der Waals surface area contributed by atoms with Crippen LogP contribution in [0.25, 0.3) is 11.4 Å². The molecule has 9 heteroatoms. The van der Waals surface area contributed by atoms with Gasteiger partial charge in [0.25, 0.3) is 5.91 Å². The minimum atomic E-state index is -0.343. The van der Waals surface area contributed by atoms with E-state index in [0.717, 1.165) is 5.56 Å². The van der Waals surface area contributed by atoms with Gasteiger partial charge in [-0.3, -0.25) is 14.7 Å². The van der Waals surface area contributed by atoms with Gasteiger partial charge in [-0.1, -0.05) is 30.3 Å². The van der Waals surface area contributed by atoms with Gasteiger partial charge >= 0.3 is 0 Å². The first-order valence-electron chi connectivity index (χ1n) is 8.93. The van der Waals surface area contributed by atoms with Crippen molar-refractivity contribution in [3.05, 3.63) is 60.4 Å². The Bertz CT molecular complexity index is 974. The summed E-state index contributed by atoms with van der Waals surface area (Å²) in [5.74, 6) is 0.766. The zero-order chi connectivity index (χ0) is 19.5. The van der Waals surface area contributed by atoms with Gasteiger partial charge in [0, 0.05) is 31.3 Å². The quantitative estimate of drug-likeness (QED) is 0.709. The van der Waals surface area contributed by atoms with Crippen molar-refractivity contribution < 1.29 is 9.59 Å². The maximum absolute atomic E-state index is 13.0. The smallest absolute Gasteiger partial charge is 0.273 e. The predicted molar refractivity (Wildman–Crippen MR) is 99.8 cm³/mol. The van der Waals surface area contributed by atoms with E-state index in [0.29, 0.717) is 30.3 Å². The van der Waals surface area contributed by atoms with Crippen molar-refractivity contribution in [2.24, 2.45) is 0 Å². The molecule has 2 aromatic heterocycles. The van der Waals surface area contributed by atoms with Crippen LogP contribution in [0.1, 0.15) is 35.7 Å². The van der Waals surface area contributed by atoms with E-state index in [-0.39, 0.29) is 23.9 Å². The van der Waals surface area contributed by atoms with E-state index >= 15 is 0 Å². The predicted octanol–water partition coefficient (Wildman–Crippen LogP) is 1.35.